The van der Waals surface area contributed by atoms with Gasteiger partial charge in [-0.15, -0.1) is 0 Å². The molecule has 1 aromatic heterocycles. The Kier molecular flexibility index (Phi) is 5.17. The Labute approximate surface area is 133 Å². The van der Waals surface area contributed by atoms with E-state index >= 15 is 0 Å². The average molecular weight is 326 g/mol. The van der Waals surface area contributed by atoms with Gasteiger partial charge in [0, 0.05) is 41.7 Å². The van der Waals surface area contributed by atoms with E-state index in [2.05, 4.69) is 10.3 Å². The molecule has 1 aromatic carbocycles. The summed E-state index contributed by atoms with van der Waals surface area (Å²) in [6, 6.07) is 9.13. The van der Waals surface area contributed by atoms with E-state index in [1.54, 1.807) is 24.4 Å². The predicted molar refractivity (Wildman–Crippen MR) is 88.4 cm³/mol. The number of halogens is 2. The lowest BCUT2D eigenvalue weighted by molar-refractivity contribution is 0.507. The lowest BCUT2D eigenvalue weighted by atomic mass is 10.3. The van der Waals surface area contributed by atoms with E-state index in [0.717, 1.165) is 11.3 Å². The van der Waals surface area contributed by atoms with Crippen molar-refractivity contribution in [3.8, 4) is 0 Å². The Hall–Kier alpha value is -1.36. The Morgan fingerprint density at radius 2 is 2.00 bits per heavy atom. The molecule has 0 aliphatic heterocycles. The monoisotopic (exact) mass is 325 g/mol. The summed E-state index contributed by atoms with van der Waals surface area (Å²) in [5.41, 5.74) is 1.86. The summed E-state index contributed by atoms with van der Waals surface area (Å²) in [7, 11) is 1.91. The maximum Gasteiger partial charge on any atom is 0.173 e. The fourth-order valence-corrected chi connectivity index (χ4v) is 2.39. The van der Waals surface area contributed by atoms with Gasteiger partial charge in [-0.1, -0.05) is 29.3 Å². The standard InChI is InChI=1S/C14H13Cl2N3S/c1-19(9-10-3-2-4-17-8-10)14(20)18-13-6-11(15)5-12(16)7-13/h2-8H,9H2,1H3,(H,18,20). The van der Waals surface area contributed by atoms with Crippen LogP contribution >= 0.6 is 35.4 Å². The van der Waals surface area contributed by atoms with Crippen molar-refractivity contribution in [1.29, 1.82) is 0 Å². The minimum atomic E-state index is 0.567. The molecule has 0 saturated heterocycles. The van der Waals surface area contributed by atoms with Crippen LogP contribution in [0.5, 0.6) is 0 Å². The summed E-state index contributed by atoms with van der Waals surface area (Å²) in [5, 5.41) is 4.84. The molecule has 2 rings (SSSR count). The lowest BCUT2D eigenvalue weighted by Crippen LogP contribution is -2.30. The van der Waals surface area contributed by atoms with Gasteiger partial charge in [0.2, 0.25) is 0 Å². The van der Waals surface area contributed by atoms with E-state index in [1.807, 2.05) is 30.3 Å². The van der Waals surface area contributed by atoms with Crippen LogP contribution in [0.1, 0.15) is 5.56 Å². The first-order chi connectivity index (χ1) is 9.54. The van der Waals surface area contributed by atoms with Crippen molar-refractivity contribution >= 4 is 46.2 Å². The summed E-state index contributed by atoms with van der Waals surface area (Å²) in [5.74, 6) is 0. The topological polar surface area (TPSA) is 28.2 Å². The zero-order valence-electron chi connectivity index (χ0n) is 10.8. The molecule has 3 nitrogen and oxygen atoms in total. The number of aromatic nitrogens is 1. The fourth-order valence-electron chi connectivity index (χ4n) is 1.68. The predicted octanol–water partition coefficient (Wildman–Crippen LogP) is 4.22. The molecule has 1 heterocycles. The lowest BCUT2D eigenvalue weighted by Gasteiger charge is -2.21. The largest absolute Gasteiger partial charge is 0.348 e. The van der Waals surface area contributed by atoms with Gasteiger partial charge in [-0.3, -0.25) is 4.98 Å². The molecule has 0 unspecified atom stereocenters. The van der Waals surface area contributed by atoms with E-state index in [1.165, 1.54) is 0 Å². The number of anilines is 1. The smallest absolute Gasteiger partial charge is 0.173 e. The normalized spacial score (nSPS) is 10.2. The molecule has 2 aromatic rings. The van der Waals surface area contributed by atoms with Crippen molar-refractivity contribution in [2.75, 3.05) is 12.4 Å². The number of rotatable bonds is 3. The number of nitrogens with one attached hydrogen (secondary N) is 1. The molecule has 0 saturated carbocycles. The molecule has 0 radical (unpaired) electrons. The maximum absolute atomic E-state index is 5.95. The fraction of sp³-hybridized carbons (Fsp3) is 0.143. The Morgan fingerprint density at radius 3 is 2.60 bits per heavy atom. The van der Waals surface area contributed by atoms with E-state index < -0.39 is 0 Å². The van der Waals surface area contributed by atoms with E-state index in [-0.39, 0.29) is 0 Å². The molecule has 104 valence electrons. The Balaban J connectivity index is 2.00. The summed E-state index contributed by atoms with van der Waals surface area (Å²) in [6.45, 7) is 0.675. The number of nitrogens with zero attached hydrogens (tertiary/aromatic N) is 2. The molecule has 6 heteroatoms. The number of hydrogen-bond donors (Lipinski definition) is 1. The molecule has 0 atom stereocenters. The van der Waals surface area contributed by atoms with Crippen LogP contribution in [-0.4, -0.2) is 22.0 Å². The van der Waals surface area contributed by atoms with Gasteiger partial charge in [0.05, 0.1) is 0 Å². The molecule has 0 bridgehead atoms. The van der Waals surface area contributed by atoms with Crippen LogP contribution in [0.15, 0.2) is 42.7 Å². The third-order valence-electron chi connectivity index (χ3n) is 2.60. The van der Waals surface area contributed by atoms with Crippen LogP contribution in [-0.2, 0) is 6.54 Å². The molecule has 0 aliphatic rings. The molecular weight excluding hydrogens is 313 g/mol. The number of pyridine rings is 1. The molecular formula is C14H13Cl2N3S. The highest BCUT2D eigenvalue weighted by Gasteiger charge is 2.07. The molecule has 0 amide bonds. The quantitative estimate of drug-likeness (QED) is 0.855. The molecule has 1 N–H and O–H groups in total. The summed E-state index contributed by atoms with van der Waals surface area (Å²) < 4.78 is 0. The second kappa shape index (κ2) is 6.88. The van der Waals surface area contributed by atoms with Gasteiger partial charge in [0.1, 0.15) is 0 Å². The second-order valence-corrected chi connectivity index (χ2v) is 5.57. The Bertz CT molecular complexity index is 584. The van der Waals surface area contributed by atoms with Crippen LogP contribution in [0.2, 0.25) is 10.0 Å². The van der Waals surface area contributed by atoms with E-state index in [4.69, 9.17) is 35.4 Å². The van der Waals surface area contributed by atoms with Gasteiger partial charge >= 0.3 is 0 Å². The molecule has 0 fully saturated rings. The van der Waals surface area contributed by atoms with Crippen molar-refractivity contribution in [3.63, 3.8) is 0 Å². The molecule has 0 spiro atoms. The van der Waals surface area contributed by atoms with E-state index in [0.29, 0.717) is 21.7 Å². The third kappa shape index (κ3) is 4.34. The maximum atomic E-state index is 5.95. The van der Waals surface area contributed by atoms with Gasteiger partial charge in [-0.05, 0) is 42.0 Å². The summed E-state index contributed by atoms with van der Waals surface area (Å²) in [6.07, 6.45) is 3.56. The Morgan fingerprint density at radius 1 is 1.30 bits per heavy atom. The zero-order valence-corrected chi connectivity index (χ0v) is 13.1. The van der Waals surface area contributed by atoms with Gasteiger partial charge < -0.3 is 10.2 Å². The van der Waals surface area contributed by atoms with Gasteiger partial charge in [-0.25, -0.2) is 0 Å². The first kappa shape index (κ1) is 15.0. The van der Waals surface area contributed by atoms with Crippen LogP contribution < -0.4 is 5.32 Å². The first-order valence-electron chi connectivity index (χ1n) is 5.92. The highest BCUT2D eigenvalue weighted by Crippen LogP contribution is 2.22. The highest BCUT2D eigenvalue weighted by molar-refractivity contribution is 7.80. The van der Waals surface area contributed by atoms with Crippen molar-refractivity contribution in [2.45, 2.75) is 6.54 Å². The number of benzene rings is 1. The number of thiocarbonyl (C=S) groups is 1. The minimum Gasteiger partial charge on any atom is -0.348 e. The molecule has 0 aliphatic carbocycles. The third-order valence-corrected chi connectivity index (χ3v) is 3.45. The average Bonchev–Trinajstić information content (AvgIpc) is 2.38. The van der Waals surface area contributed by atoms with E-state index in [9.17, 15) is 0 Å². The van der Waals surface area contributed by atoms with Crippen LogP contribution in [0.3, 0.4) is 0 Å². The zero-order chi connectivity index (χ0) is 14.5. The SMILES string of the molecule is CN(Cc1cccnc1)C(=S)Nc1cc(Cl)cc(Cl)c1. The van der Waals surface area contributed by atoms with Crippen molar-refractivity contribution < 1.29 is 0 Å². The van der Waals surface area contributed by atoms with Gasteiger partial charge in [0.15, 0.2) is 5.11 Å². The van der Waals surface area contributed by atoms with Gasteiger partial charge in [0.25, 0.3) is 0 Å². The van der Waals surface area contributed by atoms with Gasteiger partial charge in [-0.2, -0.15) is 0 Å². The summed E-state index contributed by atoms with van der Waals surface area (Å²) >= 11 is 17.3. The summed E-state index contributed by atoms with van der Waals surface area (Å²) in [4.78, 5) is 6.00. The van der Waals surface area contributed by atoms with Crippen LogP contribution in [0.25, 0.3) is 0 Å². The minimum absolute atomic E-state index is 0.567. The first-order valence-corrected chi connectivity index (χ1v) is 7.08. The number of hydrogen-bond acceptors (Lipinski definition) is 2. The van der Waals surface area contributed by atoms with Crippen LogP contribution in [0.4, 0.5) is 5.69 Å². The second-order valence-electron chi connectivity index (χ2n) is 4.31. The van der Waals surface area contributed by atoms with Crippen molar-refractivity contribution in [2.24, 2.45) is 0 Å². The van der Waals surface area contributed by atoms with Crippen LogP contribution in [0, 0.1) is 0 Å². The molecule has 20 heavy (non-hydrogen) atoms. The van der Waals surface area contributed by atoms with Crippen molar-refractivity contribution in [1.82, 2.24) is 9.88 Å². The van der Waals surface area contributed by atoms with Crippen molar-refractivity contribution in [3.05, 3.63) is 58.3 Å². The highest BCUT2D eigenvalue weighted by atomic mass is 35.5.